The first-order valence-corrected chi connectivity index (χ1v) is 12.5. The molecule has 1 rings (SSSR count). The molecule has 0 radical (unpaired) electrons. The quantitative estimate of drug-likeness (QED) is 0.253. The Morgan fingerprint density at radius 1 is 0.944 bits per heavy atom. The molecular formula is C25H45NO10. The number of carbonyl (C=O) groups excluding carboxylic acids is 3. The molecule has 1 aliphatic rings. The summed E-state index contributed by atoms with van der Waals surface area (Å²) in [5, 5.41) is 0. The number of unbranched alkanes of at least 4 members (excludes halogenated alkanes) is 1. The first-order valence-electron chi connectivity index (χ1n) is 12.5. The van der Waals surface area contributed by atoms with Crippen LogP contribution in [0.2, 0.25) is 0 Å². The molecule has 0 N–H and O–H groups in total. The summed E-state index contributed by atoms with van der Waals surface area (Å²) in [6, 6.07) is -1.44. The molecule has 210 valence electrons. The van der Waals surface area contributed by atoms with Gasteiger partial charge in [0, 0.05) is 13.7 Å². The van der Waals surface area contributed by atoms with E-state index in [0.29, 0.717) is 18.1 Å². The lowest BCUT2D eigenvalue weighted by Gasteiger charge is -2.32. The van der Waals surface area contributed by atoms with E-state index in [9.17, 15) is 14.4 Å². The van der Waals surface area contributed by atoms with Crippen molar-refractivity contribution in [3.8, 4) is 0 Å². The summed E-state index contributed by atoms with van der Waals surface area (Å²) in [5.41, 5.74) is -1.85. The number of hydrogen-bond donors (Lipinski definition) is 0. The van der Waals surface area contributed by atoms with Crippen molar-refractivity contribution in [3.05, 3.63) is 0 Å². The van der Waals surface area contributed by atoms with Crippen molar-refractivity contribution < 1.29 is 47.5 Å². The molecule has 1 fully saturated rings. The van der Waals surface area contributed by atoms with Crippen molar-refractivity contribution in [3.63, 3.8) is 0 Å². The molecule has 0 aromatic rings. The molecule has 11 heteroatoms. The van der Waals surface area contributed by atoms with Crippen molar-refractivity contribution >= 4 is 18.2 Å². The largest absolute Gasteiger partial charge is 0.458 e. The van der Waals surface area contributed by atoms with Gasteiger partial charge in [-0.05, 0) is 54.9 Å². The molecule has 2 amide bonds. The lowest BCUT2D eigenvalue weighted by atomic mass is 10.1. The molecule has 11 nitrogen and oxygen atoms in total. The minimum absolute atomic E-state index is 0.0509. The number of nitrogens with zero attached hydrogens (tertiary/aromatic N) is 1. The van der Waals surface area contributed by atoms with Gasteiger partial charge in [-0.1, -0.05) is 13.3 Å². The van der Waals surface area contributed by atoms with Crippen LogP contribution in [0.25, 0.3) is 0 Å². The Kier molecular flexibility index (Phi) is 13.1. The fraction of sp³-hybridized carbons (Fsp3) is 0.880. The molecular weight excluding hydrogens is 474 g/mol. The number of cyclic esters (lactones) is 1. The first kappa shape index (κ1) is 32.1. The molecule has 0 saturated carbocycles. The van der Waals surface area contributed by atoms with Crippen LogP contribution in [0.15, 0.2) is 0 Å². The summed E-state index contributed by atoms with van der Waals surface area (Å²) in [4.78, 5) is 40.0. The lowest BCUT2D eigenvalue weighted by molar-refractivity contribution is -0.171. The fourth-order valence-electron chi connectivity index (χ4n) is 3.25. The van der Waals surface area contributed by atoms with Gasteiger partial charge in [-0.15, -0.1) is 0 Å². The van der Waals surface area contributed by atoms with Crippen molar-refractivity contribution in [2.45, 2.75) is 104 Å². The smallest absolute Gasteiger partial charge is 0.420 e. The van der Waals surface area contributed by atoms with Crippen LogP contribution in [0, 0.1) is 0 Å². The molecule has 36 heavy (non-hydrogen) atoms. The van der Waals surface area contributed by atoms with Gasteiger partial charge >= 0.3 is 18.2 Å². The Labute approximate surface area is 215 Å². The highest BCUT2D eigenvalue weighted by atomic mass is 16.6. The van der Waals surface area contributed by atoms with Crippen LogP contribution in [-0.2, 0) is 38.0 Å². The highest BCUT2D eigenvalue weighted by Gasteiger charge is 2.44. The second kappa shape index (κ2) is 14.7. The Bertz CT molecular complexity index is 672. The van der Waals surface area contributed by atoms with Gasteiger partial charge in [0.1, 0.15) is 29.5 Å². The molecule has 0 bridgehead atoms. The van der Waals surface area contributed by atoms with Crippen LogP contribution >= 0.6 is 0 Å². The maximum Gasteiger partial charge on any atom is 0.420 e. The van der Waals surface area contributed by atoms with Crippen LogP contribution in [-0.4, -0.2) is 98.8 Å². The maximum absolute atomic E-state index is 13.3. The van der Waals surface area contributed by atoms with E-state index in [0.717, 1.165) is 12.8 Å². The molecule has 0 spiro atoms. The van der Waals surface area contributed by atoms with Crippen molar-refractivity contribution in [2.24, 2.45) is 0 Å². The van der Waals surface area contributed by atoms with Crippen molar-refractivity contribution in [1.29, 1.82) is 0 Å². The molecule has 4 atom stereocenters. The van der Waals surface area contributed by atoms with Gasteiger partial charge in [0.25, 0.3) is 0 Å². The van der Waals surface area contributed by atoms with E-state index < -0.39 is 53.7 Å². The summed E-state index contributed by atoms with van der Waals surface area (Å²) in [5.74, 6) is -0.853. The van der Waals surface area contributed by atoms with Crippen LogP contribution < -0.4 is 0 Å². The van der Waals surface area contributed by atoms with Crippen LogP contribution in [0.5, 0.6) is 0 Å². The zero-order valence-corrected chi connectivity index (χ0v) is 23.3. The highest BCUT2D eigenvalue weighted by Crippen LogP contribution is 2.22. The second-order valence-corrected chi connectivity index (χ2v) is 10.6. The average Bonchev–Trinajstić information content (AvgIpc) is 2.76. The standard InChI is InChI=1S/C25H45NO10/c1-10-11-12-32-19-16-31-15-18(21(27)34-17(2)20(19)33-14-13-30-9)26(22(28)35-24(3,4)5)23(29)36-25(6,7)8/h17-20H,10-16H2,1-9H3. The summed E-state index contributed by atoms with van der Waals surface area (Å²) >= 11 is 0. The molecule has 0 aliphatic carbocycles. The second-order valence-electron chi connectivity index (χ2n) is 10.6. The van der Waals surface area contributed by atoms with Gasteiger partial charge < -0.3 is 33.2 Å². The molecule has 1 heterocycles. The average molecular weight is 520 g/mol. The number of methoxy groups -OCH3 is 1. The number of hydrogen-bond acceptors (Lipinski definition) is 10. The van der Waals surface area contributed by atoms with Gasteiger partial charge in [-0.2, -0.15) is 4.90 Å². The van der Waals surface area contributed by atoms with Crippen LogP contribution in [0.4, 0.5) is 9.59 Å². The Hall–Kier alpha value is -1.95. The van der Waals surface area contributed by atoms with E-state index in [1.807, 2.05) is 6.92 Å². The predicted molar refractivity (Wildman–Crippen MR) is 131 cm³/mol. The minimum atomic E-state index is -1.44. The van der Waals surface area contributed by atoms with E-state index >= 15 is 0 Å². The summed E-state index contributed by atoms with van der Waals surface area (Å²) < 4.78 is 39.3. The van der Waals surface area contributed by atoms with E-state index in [1.54, 1.807) is 55.6 Å². The molecule has 1 aliphatic heterocycles. The van der Waals surface area contributed by atoms with E-state index in [-0.39, 0.29) is 19.8 Å². The molecule has 1 saturated heterocycles. The third-order valence-electron chi connectivity index (χ3n) is 4.88. The normalized spacial score (nSPS) is 23.6. The van der Waals surface area contributed by atoms with E-state index in [2.05, 4.69) is 0 Å². The Balaban J connectivity index is 3.26. The zero-order chi connectivity index (χ0) is 27.5. The lowest BCUT2D eigenvalue weighted by Crippen LogP contribution is -2.54. The number of amides is 2. The fourth-order valence-corrected chi connectivity index (χ4v) is 3.25. The maximum atomic E-state index is 13.3. The van der Waals surface area contributed by atoms with Crippen LogP contribution in [0.3, 0.4) is 0 Å². The van der Waals surface area contributed by atoms with E-state index in [1.165, 1.54) is 0 Å². The van der Waals surface area contributed by atoms with Crippen LogP contribution in [0.1, 0.15) is 68.2 Å². The minimum Gasteiger partial charge on any atom is -0.458 e. The summed E-state index contributed by atoms with van der Waals surface area (Å²) in [6.45, 7) is 14.4. The molecule has 0 aromatic heterocycles. The van der Waals surface area contributed by atoms with Gasteiger partial charge in [0.2, 0.25) is 0 Å². The topological polar surface area (TPSA) is 119 Å². The number of rotatable bonds is 9. The van der Waals surface area contributed by atoms with Gasteiger partial charge in [0.05, 0.1) is 26.4 Å². The predicted octanol–water partition coefficient (Wildman–Crippen LogP) is 3.71. The van der Waals surface area contributed by atoms with Gasteiger partial charge in [-0.25, -0.2) is 14.4 Å². The highest BCUT2D eigenvalue weighted by molar-refractivity contribution is 5.94. The first-order chi connectivity index (χ1) is 16.7. The van der Waals surface area contributed by atoms with Gasteiger partial charge in [-0.3, -0.25) is 0 Å². The number of ether oxygens (including phenoxy) is 7. The van der Waals surface area contributed by atoms with Crippen molar-refractivity contribution in [2.75, 3.05) is 40.1 Å². The zero-order valence-electron chi connectivity index (χ0n) is 23.3. The number of imide groups is 1. The number of carbonyl (C=O) groups is 3. The third-order valence-corrected chi connectivity index (χ3v) is 4.88. The number of esters is 1. The van der Waals surface area contributed by atoms with Crippen molar-refractivity contribution in [1.82, 2.24) is 4.90 Å². The SMILES string of the molecule is CCCCOC1COCC(N(C(=O)OC(C)(C)C)C(=O)OC(C)(C)C)C(=O)OC(C)C1OCCOC. The van der Waals surface area contributed by atoms with Gasteiger partial charge in [0.15, 0.2) is 6.04 Å². The monoisotopic (exact) mass is 519 g/mol. The Morgan fingerprint density at radius 3 is 2.03 bits per heavy atom. The Morgan fingerprint density at radius 2 is 1.53 bits per heavy atom. The summed E-state index contributed by atoms with van der Waals surface area (Å²) in [7, 11) is 1.56. The van der Waals surface area contributed by atoms with E-state index in [4.69, 9.17) is 33.2 Å². The molecule has 4 unspecified atom stereocenters. The third kappa shape index (κ3) is 11.4. The summed E-state index contributed by atoms with van der Waals surface area (Å²) in [6.07, 6.45) is -2.29. The molecule has 0 aromatic carbocycles.